The molecule has 0 atom stereocenters. The molecular weight excluding hydrogens is 416 g/mol. The van der Waals surface area contributed by atoms with Crippen molar-refractivity contribution in [2.24, 2.45) is 0 Å². The number of benzene rings is 2. The van der Waals surface area contributed by atoms with Crippen molar-refractivity contribution in [3.63, 3.8) is 0 Å². The van der Waals surface area contributed by atoms with Crippen LogP contribution in [0.5, 0.6) is 0 Å². The smallest absolute Gasteiger partial charge is 0.258 e. The number of nitrogens with zero attached hydrogens (tertiary/aromatic N) is 2. The number of anilines is 1. The predicted molar refractivity (Wildman–Crippen MR) is 121 cm³/mol. The molecule has 0 radical (unpaired) electrons. The number of nitrogens with one attached hydrogen (secondary N) is 2. The van der Waals surface area contributed by atoms with Crippen LogP contribution in [0, 0.1) is 0 Å². The molecule has 7 nitrogen and oxygen atoms in total. The average Bonchev–Trinajstić information content (AvgIpc) is 2.78. The normalized spacial score (nSPS) is 13.9. The van der Waals surface area contributed by atoms with Crippen molar-refractivity contribution in [2.75, 3.05) is 18.4 Å². The second-order valence-corrected chi connectivity index (χ2v) is 8.06. The number of aryl methyl sites for hydroxylation is 1. The Morgan fingerprint density at radius 1 is 1.10 bits per heavy atom. The third kappa shape index (κ3) is 4.94. The summed E-state index contributed by atoms with van der Waals surface area (Å²) in [7, 11) is 0. The maximum Gasteiger partial charge on any atom is 0.258 e. The largest absolute Gasteiger partial charge is 0.339 e. The van der Waals surface area contributed by atoms with E-state index < -0.39 is 0 Å². The van der Waals surface area contributed by atoms with Crippen LogP contribution in [0.25, 0.3) is 10.9 Å². The number of rotatable bonds is 5. The molecule has 0 spiro atoms. The zero-order chi connectivity index (χ0) is 21.8. The molecule has 0 bridgehead atoms. The lowest BCUT2D eigenvalue weighted by molar-refractivity contribution is -0.116. The molecule has 0 unspecified atom stereocenters. The van der Waals surface area contributed by atoms with Crippen LogP contribution in [0.2, 0.25) is 5.02 Å². The Labute approximate surface area is 184 Å². The fourth-order valence-electron chi connectivity index (χ4n) is 3.77. The lowest BCUT2D eigenvalue weighted by Gasteiger charge is -2.27. The molecular formula is C23H23ClN4O3. The van der Waals surface area contributed by atoms with Gasteiger partial charge in [-0.15, -0.1) is 0 Å². The number of halogens is 1. The first-order valence-corrected chi connectivity index (χ1v) is 10.8. The van der Waals surface area contributed by atoms with Gasteiger partial charge in [-0.25, -0.2) is 4.98 Å². The van der Waals surface area contributed by atoms with Gasteiger partial charge >= 0.3 is 0 Å². The molecule has 0 saturated carbocycles. The van der Waals surface area contributed by atoms with Gasteiger partial charge in [-0.3, -0.25) is 14.4 Å². The summed E-state index contributed by atoms with van der Waals surface area (Å²) in [6, 6.07) is 11.9. The quantitative estimate of drug-likeness (QED) is 0.633. The summed E-state index contributed by atoms with van der Waals surface area (Å²) in [6.45, 7) is 1.44. The zero-order valence-electron chi connectivity index (χ0n) is 17.0. The minimum atomic E-state index is -0.286. The number of carbonyl (C=O) groups excluding carboxylic acids is 2. The van der Waals surface area contributed by atoms with Gasteiger partial charge < -0.3 is 15.2 Å². The second-order valence-electron chi connectivity index (χ2n) is 7.62. The van der Waals surface area contributed by atoms with E-state index in [1.165, 1.54) is 0 Å². The average molecular weight is 439 g/mol. The van der Waals surface area contributed by atoms with Gasteiger partial charge in [0, 0.05) is 31.0 Å². The van der Waals surface area contributed by atoms with E-state index in [2.05, 4.69) is 15.3 Å². The Morgan fingerprint density at radius 3 is 2.68 bits per heavy atom. The summed E-state index contributed by atoms with van der Waals surface area (Å²) in [4.78, 5) is 46.7. The van der Waals surface area contributed by atoms with E-state index in [-0.39, 0.29) is 30.2 Å². The first-order valence-electron chi connectivity index (χ1n) is 10.4. The molecule has 1 aromatic heterocycles. The van der Waals surface area contributed by atoms with E-state index >= 15 is 0 Å². The molecule has 2 aromatic carbocycles. The molecule has 2 amide bonds. The van der Waals surface area contributed by atoms with E-state index in [0.717, 1.165) is 32.4 Å². The van der Waals surface area contributed by atoms with Crippen molar-refractivity contribution in [3.8, 4) is 0 Å². The van der Waals surface area contributed by atoms with E-state index in [9.17, 15) is 14.4 Å². The number of hydrogen-bond acceptors (Lipinski definition) is 4. The number of para-hydroxylation sites is 1. The zero-order valence-corrected chi connectivity index (χ0v) is 17.7. The number of fused-ring (bicyclic) bond motifs is 1. The van der Waals surface area contributed by atoms with Crippen LogP contribution in [-0.2, 0) is 11.2 Å². The number of piperidine rings is 1. The summed E-state index contributed by atoms with van der Waals surface area (Å²) in [5.41, 5.74) is 1.18. The highest BCUT2D eigenvalue weighted by Crippen LogP contribution is 2.24. The molecule has 3 aromatic rings. The highest BCUT2D eigenvalue weighted by molar-refractivity contribution is 6.31. The van der Waals surface area contributed by atoms with Gasteiger partial charge in [0.15, 0.2) is 0 Å². The van der Waals surface area contributed by atoms with Crippen LogP contribution < -0.4 is 10.9 Å². The number of aromatic amines is 1. The van der Waals surface area contributed by atoms with Crippen molar-refractivity contribution in [3.05, 3.63) is 69.2 Å². The molecule has 8 heteroatoms. The summed E-state index contributed by atoms with van der Waals surface area (Å²) < 4.78 is 0. The maximum atomic E-state index is 12.9. The predicted octanol–water partition coefficient (Wildman–Crippen LogP) is 3.77. The topological polar surface area (TPSA) is 95.2 Å². The highest BCUT2D eigenvalue weighted by atomic mass is 35.5. The van der Waals surface area contributed by atoms with Gasteiger partial charge in [-0.2, -0.15) is 0 Å². The Balaban J connectivity index is 1.46. The summed E-state index contributed by atoms with van der Waals surface area (Å²) in [6.07, 6.45) is 3.46. The highest BCUT2D eigenvalue weighted by Gasteiger charge is 2.22. The molecule has 1 aliphatic heterocycles. The minimum absolute atomic E-state index is 0.102. The van der Waals surface area contributed by atoms with Crippen LogP contribution in [-0.4, -0.2) is 39.8 Å². The van der Waals surface area contributed by atoms with Crippen molar-refractivity contribution in [2.45, 2.75) is 32.1 Å². The third-order valence-electron chi connectivity index (χ3n) is 5.38. The number of likely N-dealkylation sites (tertiary alicyclic amines) is 1. The van der Waals surface area contributed by atoms with E-state index in [1.807, 2.05) is 11.0 Å². The molecule has 0 aliphatic carbocycles. The van der Waals surface area contributed by atoms with E-state index in [4.69, 9.17) is 11.6 Å². The Bertz CT molecular complexity index is 1180. The number of aromatic nitrogens is 2. The molecule has 2 N–H and O–H groups in total. The van der Waals surface area contributed by atoms with Crippen molar-refractivity contribution < 1.29 is 9.59 Å². The molecule has 4 rings (SSSR count). The molecule has 2 heterocycles. The van der Waals surface area contributed by atoms with Gasteiger partial charge in [0.25, 0.3) is 11.5 Å². The SMILES string of the molecule is O=C(CCc1nc2ccccc2c(=O)[nH]1)Nc1cc(Cl)ccc1C(=O)N1CCCCC1. The standard InChI is InChI=1S/C23H23ClN4O3/c24-15-8-9-17(23(31)28-12-4-1-5-13-28)19(14-15)26-21(29)11-10-20-25-18-7-3-2-6-16(18)22(30)27-20/h2-3,6-9,14H,1,4-5,10-13H2,(H,26,29)(H,25,27,30). The monoisotopic (exact) mass is 438 g/mol. The molecule has 1 fully saturated rings. The second kappa shape index (κ2) is 9.31. The Hall–Kier alpha value is -3.19. The van der Waals surface area contributed by atoms with E-state index in [1.54, 1.807) is 36.4 Å². The molecule has 160 valence electrons. The summed E-state index contributed by atoms with van der Waals surface area (Å²) in [5, 5.41) is 3.75. The van der Waals surface area contributed by atoms with Crippen LogP contribution in [0.15, 0.2) is 47.3 Å². The Kier molecular flexibility index (Phi) is 6.32. The lowest BCUT2D eigenvalue weighted by Crippen LogP contribution is -2.36. The first kappa shape index (κ1) is 21.1. The third-order valence-corrected chi connectivity index (χ3v) is 5.62. The van der Waals surface area contributed by atoms with Gasteiger partial charge in [0.2, 0.25) is 5.91 Å². The van der Waals surface area contributed by atoms with Gasteiger partial charge in [-0.1, -0.05) is 23.7 Å². The van der Waals surface area contributed by atoms with Gasteiger partial charge in [0.1, 0.15) is 5.82 Å². The molecule has 1 aliphatic rings. The lowest BCUT2D eigenvalue weighted by atomic mass is 10.1. The summed E-state index contributed by atoms with van der Waals surface area (Å²) >= 11 is 6.11. The number of H-pyrrole nitrogens is 1. The number of carbonyl (C=O) groups is 2. The van der Waals surface area contributed by atoms with Crippen LogP contribution in [0.3, 0.4) is 0 Å². The number of amides is 2. The first-order chi connectivity index (χ1) is 15.0. The van der Waals surface area contributed by atoms with Crippen LogP contribution in [0.1, 0.15) is 41.9 Å². The van der Waals surface area contributed by atoms with Crippen molar-refractivity contribution in [1.82, 2.24) is 14.9 Å². The van der Waals surface area contributed by atoms with Crippen LogP contribution in [0.4, 0.5) is 5.69 Å². The van der Waals surface area contributed by atoms with Gasteiger partial charge in [0.05, 0.1) is 22.2 Å². The maximum absolute atomic E-state index is 12.9. The Morgan fingerprint density at radius 2 is 1.87 bits per heavy atom. The molecule has 1 saturated heterocycles. The van der Waals surface area contributed by atoms with Crippen LogP contribution >= 0.6 is 11.6 Å². The van der Waals surface area contributed by atoms with Gasteiger partial charge in [-0.05, 0) is 49.6 Å². The van der Waals surface area contributed by atoms with Crippen molar-refractivity contribution >= 4 is 40.0 Å². The number of hydrogen-bond donors (Lipinski definition) is 2. The molecule has 31 heavy (non-hydrogen) atoms. The minimum Gasteiger partial charge on any atom is -0.339 e. The summed E-state index contributed by atoms with van der Waals surface area (Å²) in [5.74, 6) is 0.0486. The van der Waals surface area contributed by atoms with E-state index in [0.29, 0.717) is 33.0 Å². The van der Waals surface area contributed by atoms with Crippen molar-refractivity contribution in [1.29, 1.82) is 0 Å². The fourth-order valence-corrected chi connectivity index (χ4v) is 3.94. The fraction of sp³-hybridized carbons (Fsp3) is 0.304.